The fourth-order valence-electron chi connectivity index (χ4n) is 1.55. The lowest BCUT2D eigenvalue weighted by Crippen LogP contribution is -2.39. The van der Waals surface area contributed by atoms with Crippen LogP contribution in [0.4, 0.5) is 0 Å². The van der Waals surface area contributed by atoms with Gasteiger partial charge in [-0.15, -0.1) is 0 Å². The van der Waals surface area contributed by atoms with E-state index in [1.54, 1.807) is 0 Å². The number of carbonyl (C=O) groups is 1. The molecular formula is C9H15NO3. The molecule has 4 nitrogen and oxygen atoms in total. The molecule has 2 unspecified atom stereocenters. The van der Waals surface area contributed by atoms with Crippen LogP contribution in [0.2, 0.25) is 0 Å². The molecule has 13 heavy (non-hydrogen) atoms. The summed E-state index contributed by atoms with van der Waals surface area (Å²) in [5.74, 6) is -0.939. The lowest BCUT2D eigenvalue weighted by Gasteiger charge is -2.30. The minimum absolute atomic E-state index is 0.00113. The van der Waals surface area contributed by atoms with E-state index in [9.17, 15) is 4.79 Å². The van der Waals surface area contributed by atoms with E-state index in [0.717, 1.165) is 6.54 Å². The van der Waals surface area contributed by atoms with Crippen LogP contribution in [0.3, 0.4) is 0 Å². The van der Waals surface area contributed by atoms with Crippen LogP contribution < -0.4 is 0 Å². The van der Waals surface area contributed by atoms with Gasteiger partial charge in [-0.3, -0.25) is 4.79 Å². The molecule has 0 aromatic heterocycles. The zero-order chi connectivity index (χ0) is 9.26. The molecule has 4 heteroatoms. The van der Waals surface area contributed by atoms with Crippen LogP contribution in [0.15, 0.2) is 0 Å². The average molecular weight is 185 g/mol. The van der Waals surface area contributed by atoms with E-state index in [-0.39, 0.29) is 12.0 Å². The van der Waals surface area contributed by atoms with Gasteiger partial charge in [0.15, 0.2) is 0 Å². The van der Waals surface area contributed by atoms with Gasteiger partial charge in [0.1, 0.15) is 0 Å². The number of likely N-dealkylation sites (tertiary alicyclic amines) is 1. The predicted molar refractivity (Wildman–Crippen MR) is 46.5 cm³/mol. The molecule has 2 fully saturated rings. The quantitative estimate of drug-likeness (QED) is 0.664. The van der Waals surface area contributed by atoms with Crippen molar-refractivity contribution in [1.82, 2.24) is 4.90 Å². The summed E-state index contributed by atoms with van der Waals surface area (Å²) in [6.45, 7) is 4.00. The SMILES string of the molecule is O=C(O)C1CC1OCCN1CCC1. The van der Waals surface area contributed by atoms with E-state index < -0.39 is 5.97 Å². The van der Waals surface area contributed by atoms with Crippen LogP contribution in [-0.2, 0) is 9.53 Å². The molecule has 2 rings (SSSR count). The number of ether oxygens (including phenoxy) is 1. The number of hydrogen-bond acceptors (Lipinski definition) is 3. The first-order valence-corrected chi connectivity index (χ1v) is 4.84. The molecule has 0 bridgehead atoms. The zero-order valence-corrected chi connectivity index (χ0v) is 7.61. The molecule has 1 aliphatic heterocycles. The molecule has 0 amide bonds. The zero-order valence-electron chi connectivity index (χ0n) is 7.61. The lowest BCUT2D eigenvalue weighted by atomic mass is 10.2. The van der Waals surface area contributed by atoms with Crippen molar-refractivity contribution >= 4 is 5.97 Å². The standard InChI is InChI=1S/C9H15NO3/c11-9(12)7-6-8(7)13-5-4-10-2-1-3-10/h7-8H,1-6H2,(H,11,12). The lowest BCUT2D eigenvalue weighted by molar-refractivity contribution is -0.139. The van der Waals surface area contributed by atoms with Crippen molar-refractivity contribution in [1.29, 1.82) is 0 Å². The van der Waals surface area contributed by atoms with Crippen molar-refractivity contribution in [2.24, 2.45) is 5.92 Å². The van der Waals surface area contributed by atoms with Crippen LogP contribution in [0.1, 0.15) is 12.8 Å². The van der Waals surface area contributed by atoms with Crippen molar-refractivity contribution in [2.75, 3.05) is 26.2 Å². The Balaban J connectivity index is 1.52. The highest BCUT2D eigenvalue weighted by Gasteiger charge is 2.44. The Kier molecular flexibility index (Phi) is 2.51. The molecule has 1 saturated heterocycles. The largest absolute Gasteiger partial charge is 0.481 e. The van der Waals surface area contributed by atoms with Gasteiger partial charge in [0.05, 0.1) is 18.6 Å². The fraction of sp³-hybridized carbons (Fsp3) is 0.889. The summed E-state index contributed by atoms with van der Waals surface area (Å²) in [5.41, 5.74) is 0. The third-order valence-electron chi connectivity index (χ3n) is 2.74. The van der Waals surface area contributed by atoms with E-state index in [4.69, 9.17) is 9.84 Å². The number of aliphatic carboxylic acids is 1. The number of carboxylic acids is 1. The summed E-state index contributed by atoms with van der Waals surface area (Å²) in [4.78, 5) is 12.8. The third-order valence-corrected chi connectivity index (χ3v) is 2.74. The van der Waals surface area contributed by atoms with E-state index in [0.29, 0.717) is 13.0 Å². The van der Waals surface area contributed by atoms with Gasteiger partial charge in [0.2, 0.25) is 0 Å². The molecule has 1 saturated carbocycles. The summed E-state index contributed by atoms with van der Waals surface area (Å²) >= 11 is 0. The maximum atomic E-state index is 10.4. The number of carboxylic acid groups (broad SMARTS) is 1. The highest BCUT2D eigenvalue weighted by molar-refractivity contribution is 5.74. The van der Waals surface area contributed by atoms with E-state index in [1.165, 1.54) is 19.5 Å². The Morgan fingerprint density at radius 2 is 2.31 bits per heavy atom. The number of rotatable bonds is 5. The van der Waals surface area contributed by atoms with E-state index >= 15 is 0 Å². The molecule has 0 aromatic carbocycles. The topological polar surface area (TPSA) is 49.8 Å². The normalized spacial score (nSPS) is 32.6. The highest BCUT2D eigenvalue weighted by atomic mass is 16.5. The molecular weight excluding hydrogens is 170 g/mol. The molecule has 0 aromatic rings. The first-order valence-electron chi connectivity index (χ1n) is 4.84. The molecule has 1 heterocycles. The van der Waals surface area contributed by atoms with Gasteiger partial charge >= 0.3 is 5.97 Å². The first-order chi connectivity index (χ1) is 6.27. The van der Waals surface area contributed by atoms with Crippen molar-refractivity contribution in [3.8, 4) is 0 Å². The molecule has 2 atom stereocenters. The van der Waals surface area contributed by atoms with Crippen molar-refractivity contribution in [3.63, 3.8) is 0 Å². The molecule has 2 aliphatic rings. The molecule has 0 spiro atoms. The second kappa shape index (κ2) is 3.64. The van der Waals surface area contributed by atoms with Crippen LogP contribution in [0.5, 0.6) is 0 Å². The summed E-state index contributed by atoms with van der Waals surface area (Å²) in [7, 11) is 0. The van der Waals surface area contributed by atoms with E-state index in [2.05, 4.69) is 4.90 Å². The maximum Gasteiger partial charge on any atom is 0.309 e. The monoisotopic (exact) mass is 185 g/mol. The van der Waals surface area contributed by atoms with Crippen LogP contribution in [0.25, 0.3) is 0 Å². The maximum absolute atomic E-state index is 10.4. The summed E-state index contributed by atoms with van der Waals surface area (Å²) in [5, 5.41) is 8.60. The van der Waals surface area contributed by atoms with Crippen molar-refractivity contribution < 1.29 is 14.6 Å². The summed E-state index contributed by atoms with van der Waals surface area (Å²) in [6.07, 6.45) is 2.00. The van der Waals surface area contributed by atoms with Gasteiger partial charge in [0, 0.05) is 6.54 Å². The van der Waals surface area contributed by atoms with Crippen LogP contribution >= 0.6 is 0 Å². The van der Waals surface area contributed by atoms with Gasteiger partial charge in [-0.2, -0.15) is 0 Å². The summed E-state index contributed by atoms with van der Waals surface area (Å²) < 4.78 is 5.41. The third kappa shape index (κ3) is 2.19. The Morgan fingerprint density at radius 3 is 2.77 bits per heavy atom. The smallest absolute Gasteiger partial charge is 0.309 e. The van der Waals surface area contributed by atoms with Gasteiger partial charge in [-0.1, -0.05) is 0 Å². The average Bonchev–Trinajstić information content (AvgIpc) is 2.73. The minimum Gasteiger partial charge on any atom is -0.481 e. The van der Waals surface area contributed by atoms with E-state index in [1.807, 2.05) is 0 Å². The second-order valence-electron chi connectivity index (χ2n) is 3.78. The highest BCUT2D eigenvalue weighted by Crippen LogP contribution is 2.33. The number of nitrogens with zero attached hydrogens (tertiary/aromatic N) is 1. The summed E-state index contributed by atoms with van der Waals surface area (Å²) in [6, 6.07) is 0. The minimum atomic E-state index is -0.714. The molecule has 74 valence electrons. The second-order valence-corrected chi connectivity index (χ2v) is 3.78. The molecule has 0 radical (unpaired) electrons. The Hall–Kier alpha value is -0.610. The molecule has 1 aliphatic carbocycles. The Bertz CT molecular complexity index is 203. The van der Waals surface area contributed by atoms with Crippen molar-refractivity contribution in [3.05, 3.63) is 0 Å². The van der Waals surface area contributed by atoms with Crippen LogP contribution in [0, 0.1) is 5.92 Å². The fourth-order valence-corrected chi connectivity index (χ4v) is 1.55. The van der Waals surface area contributed by atoms with Gasteiger partial charge < -0.3 is 14.7 Å². The Labute approximate surface area is 77.5 Å². The van der Waals surface area contributed by atoms with Gasteiger partial charge in [-0.05, 0) is 25.9 Å². The first kappa shape index (κ1) is 8.97. The Morgan fingerprint density at radius 1 is 1.54 bits per heavy atom. The molecule has 1 N–H and O–H groups in total. The number of hydrogen-bond donors (Lipinski definition) is 1. The van der Waals surface area contributed by atoms with Crippen molar-refractivity contribution in [2.45, 2.75) is 18.9 Å². The van der Waals surface area contributed by atoms with Gasteiger partial charge in [-0.25, -0.2) is 0 Å². The van der Waals surface area contributed by atoms with Gasteiger partial charge in [0.25, 0.3) is 0 Å². The van der Waals surface area contributed by atoms with Crippen LogP contribution in [-0.4, -0.2) is 48.3 Å². The predicted octanol–water partition coefficient (Wildman–Crippen LogP) is 0.182.